The summed E-state index contributed by atoms with van der Waals surface area (Å²) in [6, 6.07) is 49.3. The van der Waals surface area contributed by atoms with Crippen LogP contribution in [-0.4, -0.2) is 0 Å². The minimum Gasteiger partial charge on any atom is -0.456 e. The summed E-state index contributed by atoms with van der Waals surface area (Å²) in [7, 11) is 0. The molecule has 1 aliphatic rings. The SMILES string of the molecule is c1ccc2c(c1)-c1ccccc1C2c1cccc2oc3c(ccc4c3oc3cccc(-c5cccc6oc7ccccc7c56)c34)c12. The molecule has 0 unspecified atom stereocenters. The van der Waals surface area contributed by atoms with Crippen LogP contribution in [0.15, 0.2) is 153 Å². The molecule has 0 atom stereocenters. The molecule has 3 heteroatoms. The van der Waals surface area contributed by atoms with E-state index in [2.05, 4.69) is 121 Å². The summed E-state index contributed by atoms with van der Waals surface area (Å²) in [4.78, 5) is 0. The third kappa shape index (κ3) is 3.07. The van der Waals surface area contributed by atoms with Gasteiger partial charge in [0.15, 0.2) is 11.2 Å². The summed E-state index contributed by atoms with van der Waals surface area (Å²) < 4.78 is 19.7. The van der Waals surface area contributed by atoms with Crippen molar-refractivity contribution in [2.45, 2.75) is 5.92 Å². The van der Waals surface area contributed by atoms with E-state index in [1.165, 1.54) is 27.8 Å². The number of benzene rings is 7. The Morgan fingerprint density at radius 1 is 0.304 bits per heavy atom. The highest BCUT2D eigenvalue weighted by molar-refractivity contribution is 6.24. The standard InChI is InChI=1S/C43H24O3/c1-3-12-26-24(10-1)25-11-2-4-13-27(25)38(26)31-17-9-21-37-41(31)33-23-22-32-40-29(16-8-20-36(40)45-42(32)43(33)46-37)28-15-7-19-35-39(28)30-14-5-6-18-34(30)44-35/h1-23,38H. The van der Waals surface area contributed by atoms with Gasteiger partial charge < -0.3 is 13.3 Å². The van der Waals surface area contributed by atoms with Gasteiger partial charge in [-0.25, -0.2) is 0 Å². The van der Waals surface area contributed by atoms with Crippen molar-refractivity contribution in [1.29, 1.82) is 0 Å². The molecule has 1 aliphatic carbocycles. The van der Waals surface area contributed by atoms with Gasteiger partial charge in [0, 0.05) is 38.2 Å². The lowest BCUT2D eigenvalue weighted by atomic mass is 9.86. The molecule has 3 aromatic heterocycles. The van der Waals surface area contributed by atoms with Crippen LogP contribution in [0.1, 0.15) is 22.6 Å². The second-order valence-corrected chi connectivity index (χ2v) is 12.3. The summed E-state index contributed by atoms with van der Waals surface area (Å²) in [5.74, 6) is 0.125. The van der Waals surface area contributed by atoms with Gasteiger partial charge in [0.25, 0.3) is 0 Å². The Kier molecular flexibility index (Phi) is 4.63. The summed E-state index contributed by atoms with van der Waals surface area (Å²) in [6.45, 7) is 0. The van der Waals surface area contributed by atoms with E-state index in [0.29, 0.717) is 0 Å². The van der Waals surface area contributed by atoms with Crippen LogP contribution in [0.2, 0.25) is 0 Å². The van der Waals surface area contributed by atoms with Crippen molar-refractivity contribution in [3.63, 3.8) is 0 Å². The molecule has 0 saturated heterocycles. The molecule has 11 rings (SSSR count). The molecule has 0 radical (unpaired) electrons. The summed E-state index contributed by atoms with van der Waals surface area (Å²) >= 11 is 0. The van der Waals surface area contributed by atoms with Crippen molar-refractivity contribution < 1.29 is 13.3 Å². The molecule has 0 bridgehead atoms. The largest absolute Gasteiger partial charge is 0.456 e. The van der Waals surface area contributed by atoms with Crippen LogP contribution in [0.25, 0.3) is 88.1 Å². The highest BCUT2D eigenvalue weighted by atomic mass is 16.4. The van der Waals surface area contributed by atoms with E-state index in [1.54, 1.807) is 0 Å². The number of rotatable bonds is 2. The minimum absolute atomic E-state index is 0.125. The van der Waals surface area contributed by atoms with Crippen LogP contribution in [-0.2, 0) is 0 Å². The number of furan rings is 3. The van der Waals surface area contributed by atoms with Crippen molar-refractivity contribution >= 4 is 65.8 Å². The lowest BCUT2D eigenvalue weighted by Crippen LogP contribution is -1.99. The zero-order chi connectivity index (χ0) is 29.9. The number of hydrogen-bond donors (Lipinski definition) is 0. The van der Waals surface area contributed by atoms with Crippen LogP contribution in [0, 0.1) is 0 Å². The number of para-hydroxylation sites is 1. The van der Waals surface area contributed by atoms with Crippen molar-refractivity contribution in [1.82, 2.24) is 0 Å². The molecule has 214 valence electrons. The van der Waals surface area contributed by atoms with E-state index in [4.69, 9.17) is 13.3 Å². The molecule has 7 aromatic carbocycles. The van der Waals surface area contributed by atoms with Gasteiger partial charge in [-0.15, -0.1) is 0 Å². The summed E-state index contributed by atoms with van der Waals surface area (Å²) in [5, 5.41) is 6.57. The lowest BCUT2D eigenvalue weighted by molar-refractivity contribution is 0.633. The first-order chi connectivity index (χ1) is 22.8. The maximum atomic E-state index is 6.72. The maximum Gasteiger partial charge on any atom is 0.178 e. The monoisotopic (exact) mass is 588 g/mol. The smallest absolute Gasteiger partial charge is 0.178 e. The maximum absolute atomic E-state index is 6.72. The predicted molar refractivity (Wildman–Crippen MR) is 187 cm³/mol. The van der Waals surface area contributed by atoms with Crippen LogP contribution in [0.5, 0.6) is 0 Å². The van der Waals surface area contributed by atoms with Gasteiger partial charge in [0.1, 0.15) is 22.3 Å². The molecule has 10 aromatic rings. The van der Waals surface area contributed by atoms with Gasteiger partial charge in [0.2, 0.25) is 0 Å². The van der Waals surface area contributed by atoms with E-state index in [9.17, 15) is 0 Å². The fraction of sp³-hybridized carbons (Fsp3) is 0.0233. The fourth-order valence-electron chi connectivity index (χ4n) is 8.15. The van der Waals surface area contributed by atoms with Gasteiger partial charge >= 0.3 is 0 Å². The van der Waals surface area contributed by atoms with Crippen LogP contribution >= 0.6 is 0 Å². The van der Waals surface area contributed by atoms with Crippen molar-refractivity contribution in [2.24, 2.45) is 0 Å². The summed E-state index contributed by atoms with van der Waals surface area (Å²) in [6.07, 6.45) is 0. The predicted octanol–water partition coefficient (Wildman–Crippen LogP) is 12.2. The summed E-state index contributed by atoms with van der Waals surface area (Å²) in [5.41, 5.74) is 13.8. The molecule has 3 nitrogen and oxygen atoms in total. The van der Waals surface area contributed by atoms with Crippen molar-refractivity contribution in [3.8, 4) is 22.3 Å². The first kappa shape index (κ1) is 24.3. The van der Waals surface area contributed by atoms with E-state index in [-0.39, 0.29) is 5.92 Å². The first-order valence-electron chi connectivity index (χ1n) is 15.7. The van der Waals surface area contributed by atoms with E-state index < -0.39 is 0 Å². The Morgan fingerprint density at radius 2 is 0.761 bits per heavy atom. The van der Waals surface area contributed by atoms with Gasteiger partial charge in [-0.3, -0.25) is 0 Å². The Hall–Kier alpha value is -6.06. The quantitative estimate of drug-likeness (QED) is 0.202. The highest BCUT2D eigenvalue weighted by Gasteiger charge is 2.32. The molecular weight excluding hydrogens is 564 g/mol. The second kappa shape index (κ2) is 8.77. The molecule has 0 aliphatic heterocycles. The second-order valence-electron chi connectivity index (χ2n) is 12.3. The van der Waals surface area contributed by atoms with E-state index in [1.807, 2.05) is 18.2 Å². The Labute approximate surface area is 262 Å². The Morgan fingerprint density at radius 3 is 1.46 bits per heavy atom. The fourth-order valence-corrected chi connectivity index (χ4v) is 8.15. The van der Waals surface area contributed by atoms with E-state index >= 15 is 0 Å². The van der Waals surface area contributed by atoms with Gasteiger partial charge in [-0.2, -0.15) is 0 Å². The Balaban J connectivity index is 1.19. The van der Waals surface area contributed by atoms with E-state index in [0.717, 1.165) is 76.9 Å². The molecule has 0 fully saturated rings. The highest BCUT2D eigenvalue weighted by Crippen LogP contribution is 2.51. The molecule has 0 spiro atoms. The van der Waals surface area contributed by atoms with Crippen LogP contribution in [0.4, 0.5) is 0 Å². The Bertz CT molecular complexity index is 2830. The molecule has 0 amide bonds. The number of hydrogen-bond acceptors (Lipinski definition) is 3. The van der Waals surface area contributed by atoms with Crippen molar-refractivity contribution in [2.75, 3.05) is 0 Å². The zero-order valence-electron chi connectivity index (χ0n) is 24.6. The van der Waals surface area contributed by atoms with Crippen LogP contribution < -0.4 is 0 Å². The lowest BCUT2D eigenvalue weighted by Gasteiger charge is -2.15. The molecule has 0 N–H and O–H groups in total. The van der Waals surface area contributed by atoms with Gasteiger partial charge in [-0.05, 0) is 75.3 Å². The third-order valence-corrected chi connectivity index (χ3v) is 10.00. The number of fused-ring (bicyclic) bond motifs is 13. The normalized spacial score (nSPS) is 13.1. The van der Waals surface area contributed by atoms with Gasteiger partial charge in [0.05, 0.1) is 0 Å². The zero-order valence-corrected chi connectivity index (χ0v) is 24.6. The molecule has 0 saturated carbocycles. The van der Waals surface area contributed by atoms with Gasteiger partial charge in [-0.1, -0.05) is 103 Å². The average molecular weight is 589 g/mol. The topological polar surface area (TPSA) is 39.4 Å². The molecule has 46 heavy (non-hydrogen) atoms. The minimum atomic E-state index is 0.125. The molecular formula is C43H24O3. The molecule has 3 heterocycles. The van der Waals surface area contributed by atoms with Crippen LogP contribution in [0.3, 0.4) is 0 Å². The third-order valence-electron chi connectivity index (χ3n) is 10.00. The first-order valence-corrected chi connectivity index (χ1v) is 15.7. The average Bonchev–Trinajstić information content (AvgIpc) is 3.86. The van der Waals surface area contributed by atoms with Crippen molar-refractivity contribution in [3.05, 3.63) is 156 Å².